The van der Waals surface area contributed by atoms with Gasteiger partial charge in [-0.05, 0) is 13.8 Å². The molecule has 2 aromatic rings. The highest BCUT2D eigenvalue weighted by molar-refractivity contribution is 5.96. The van der Waals surface area contributed by atoms with E-state index in [9.17, 15) is 4.79 Å². The Morgan fingerprint density at radius 1 is 1.50 bits per heavy atom. The van der Waals surface area contributed by atoms with Gasteiger partial charge in [-0.3, -0.25) is 4.79 Å². The van der Waals surface area contributed by atoms with Crippen LogP contribution in [-0.4, -0.2) is 20.3 Å². The minimum Gasteiger partial charge on any atom is -0.364 e. The molecule has 0 saturated heterocycles. The van der Waals surface area contributed by atoms with E-state index < -0.39 is 5.91 Å². The maximum atomic E-state index is 11.0. The summed E-state index contributed by atoms with van der Waals surface area (Å²) in [5.41, 5.74) is 7.68. The number of fused-ring (bicyclic) bond motifs is 1. The number of rotatable bonds is 1. The Labute approximate surface area is 80.6 Å². The number of imidazole rings is 1. The van der Waals surface area contributed by atoms with E-state index in [1.807, 2.05) is 24.4 Å². The van der Waals surface area contributed by atoms with Crippen LogP contribution in [0.25, 0.3) is 5.65 Å². The van der Waals surface area contributed by atoms with Crippen LogP contribution in [0.4, 0.5) is 0 Å². The molecule has 2 rings (SSSR count). The molecule has 0 atom stereocenters. The Bertz CT molecular complexity index is 515. The van der Waals surface area contributed by atoms with Crippen LogP contribution in [-0.2, 0) is 0 Å². The highest BCUT2D eigenvalue weighted by Crippen LogP contribution is 2.10. The van der Waals surface area contributed by atoms with E-state index in [2.05, 4.69) is 9.97 Å². The first-order valence-corrected chi connectivity index (χ1v) is 4.20. The number of nitrogens with zero attached hydrogens (tertiary/aromatic N) is 3. The number of hydrogen-bond donors (Lipinski definition) is 1. The zero-order chi connectivity index (χ0) is 10.3. The van der Waals surface area contributed by atoms with Crippen LogP contribution in [0.2, 0.25) is 0 Å². The molecule has 0 spiro atoms. The van der Waals surface area contributed by atoms with E-state index in [4.69, 9.17) is 5.73 Å². The van der Waals surface area contributed by atoms with Gasteiger partial charge in [-0.2, -0.15) is 0 Å². The first-order chi connectivity index (χ1) is 6.59. The summed E-state index contributed by atoms with van der Waals surface area (Å²) in [6, 6.07) is 0. The highest BCUT2D eigenvalue weighted by Gasteiger charge is 2.11. The first-order valence-electron chi connectivity index (χ1n) is 4.20. The van der Waals surface area contributed by atoms with Crippen LogP contribution >= 0.6 is 0 Å². The standard InChI is InChI=1S/C9H10N4O/c1-5-4-13-6(2)3-11-7(8(10)14)9(13)12-5/h3-4H,1-2H3,(H2,10,14). The Hall–Kier alpha value is -1.91. The predicted octanol–water partition coefficient (Wildman–Crippen LogP) is 0.445. The van der Waals surface area contributed by atoms with Crippen molar-refractivity contribution in [2.45, 2.75) is 13.8 Å². The number of nitrogens with two attached hydrogens (primary N) is 1. The Morgan fingerprint density at radius 2 is 2.21 bits per heavy atom. The molecule has 5 nitrogen and oxygen atoms in total. The number of aromatic nitrogens is 3. The summed E-state index contributed by atoms with van der Waals surface area (Å²) < 4.78 is 1.81. The molecule has 5 heteroatoms. The third-order valence-corrected chi connectivity index (χ3v) is 2.03. The van der Waals surface area contributed by atoms with E-state index in [-0.39, 0.29) is 5.69 Å². The number of carbonyl (C=O) groups is 1. The lowest BCUT2D eigenvalue weighted by Crippen LogP contribution is -2.15. The van der Waals surface area contributed by atoms with Gasteiger partial charge >= 0.3 is 0 Å². The van der Waals surface area contributed by atoms with Crippen molar-refractivity contribution in [1.29, 1.82) is 0 Å². The quantitative estimate of drug-likeness (QED) is 0.709. The summed E-state index contributed by atoms with van der Waals surface area (Å²) in [6.07, 6.45) is 3.45. The molecule has 2 aromatic heterocycles. The summed E-state index contributed by atoms with van der Waals surface area (Å²) in [7, 11) is 0. The van der Waals surface area contributed by atoms with Crippen LogP contribution in [0.15, 0.2) is 12.4 Å². The van der Waals surface area contributed by atoms with Crippen LogP contribution in [0, 0.1) is 13.8 Å². The molecule has 0 aliphatic rings. The van der Waals surface area contributed by atoms with E-state index in [0.717, 1.165) is 11.4 Å². The van der Waals surface area contributed by atoms with Crippen molar-refractivity contribution in [3.05, 3.63) is 29.5 Å². The normalized spacial score (nSPS) is 10.7. The number of hydrogen-bond acceptors (Lipinski definition) is 3. The number of carbonyl (C=O) groups excluding carboxylic acids is 1. The molecule has 2 N–H and O–H groups in total. The average Bonchev–Trinajstić information content (AvgIpc) is 2.47. The second kappa shape index (κ2) is 2.80. The van der Waals surface area contributed by atoms with Gasteiger partial charge in [0.05, 0.1) is 5.69 Å². The summed E-state index contributed by atoms with van der Waals surface area (Å²) >= 11 is 0. The molecule has 0 fully saturated rings. The molecular formula is C9H10N4O. The van der Waals surface area contributed by atoms with Crippen molar-refractivity contribution in [1.82, 2.24) is 14.4 Å². The second-order valence-corrected chi connectivity index (χ2v) is 3.19. The molecule has 1 amide bonds. The molecule has 2 heterocycles. The van der Waals surface area contributed by atoms with Gasteiger partial charge in [0, 0.05) is 18.1 Å². The summed E-state index contributed by atoms with van der Waals surface area (Å²) in [4.78, 5) is 19.2. The summed E-state index contributed by atoms with van der Waals surface area (Å²) in [6.45, 7) is 3.75. The lowest BCUT2D eigenvalue weighted by Gasteiger charge is -2.01. The maximum Gasteiger partial charge on any atom is 0.271 e. The fourth-order valence-electron chi connectivity index (χ4n) is 1.39. The van der Waals surface area contributed by atoms with Gasteiger partial charge in [0.15, 0.2) is 11.3 Å². The van der Waals surface area contributed by atoms with Crippen molar-refractivity contribution >= 4 is 11.6 Å². The highest BCUT2D eigenvalue weighted by atomic mass is 16.1. The summed E-state index contributed by atoms with van der Waals surface area (Å²) in [5, 5.41) is 0. The molecule has 14 heavy (non-hydrogen) atoms. The van der Waals surface area contributed by atoms with Crippen molar-refractivity contribution in [3.63, 3.8) is 0 Å². The molecule has 0 aromatic carbocycles. The zero-order valence-corrected chi connectivity index (χ0v) is 7.98. The number of amides is 1. The van der Waals surface area contributed by atoms with Gasteiger partial charge in [-0.15, -0.1) is 0 Å². The van der Waals surface area contributed by atoms with Gasteiger partial charge in [-0.1, -0.05) is 0 Å². The van der Waals surface area contributed by atoms with Crippen LogP contribution < -0.4 is 5.73 Å². The fourth-order valence-corrected chi connectivity index (χ4v) is 1.39. The van der Waals surface area contributed by atoms with Crippen molar-refractivity contribution < 1.29 is 4.79 Å². The van der Waals surface area contributed by atoms with E-state index >= 15 is 0 Å². The van der Waals surface area contributed by atoms with Gasteiger partial charge in [0.2, 0.25) is 0 Å². The molecular weight excluding hydrogens is 180 g/mol. The maximum absolute atomic E-state index is 11.0. The Morgan fingerprint density at radius 3 is 2.86 bits per heavy atom. The Kier molecular flexibility index (Phi) is 1.73. The van der Waals surface area contributed by atoms with E-state index in [0.29, 0.717) is 5.65 Å². The fraction of sp³-hybridized carbons (Fsp3) is 0.222. The van der Waals surface area contributed by atoms with E-state index in [1.165, 1.54) is 0 Å². The lowest BCUT2D eigenvalue weighted by atomic mass is 10.4. The molecule has 0 aliphatic carbocycles. The van der Waals surface area contributed by atoms with Crippen molar-refractivity contribution in [2.75, 3.05) is 0 Å². The van der Waals surface area contributed by atoms with Crippen LogP contribution in [0.1, 0.15) is 21.9 Å². The molecule has 72 valence electrons. The van der Waals surface area contributed by atoms with Crippen molar-refractivity contribution in [3.8, 4) is 0 Å². The van der Waals surface area contributed by atoms with Gasteiger partial charge in [-0.25, -0.2) is 9.97 Å². The Balaban J connectivity index is 2.87. The minimum absolute atomic E-state index is 0.212. The molecule has 0 bridgehead atoms. The first kappa shape index (κ1) is 8.68. The SMILES string of the molecule is Cc1cn2c(C)cnc(C(N)=O)c2n1. The van der Waals surface area contributed by atoms with Gasteiger partial charge in [0.1, 0.15) is 0 Å². The van der Waals surface area contributed by atoms with Gasteiger partial charge in [0.25, 0.3) is 5.91 Å². The number of primary amides is 1. The van der Waals surface area contributed by atoms with Crippen molar-refractivity contribution in [2.24, 2.45) is 5.73 Å². The summed E-state index contributed by atoms with van der Waals surface area (Å²) in [5.74, 6) is -0.555. The third-order valence-electron chi connectivity index (χ3n) is 2.03. The van der Waals surface area contributed by atoms with Gasteiger partial charge < -0.3 is 10.1 Å². The molecule has 0 aliphatic heterocycles. The number of aryl methyl sites for hydroxylation is 2. The largest absolute Gasteiger partial charge is 0.364 e. The van der Waals surface area contributed by atoms with Crippen LogP contribution in [0.3, 0.4) is 0 Å². The zero-order valence-electron chi connectivity index (χ0n) is 7.98. The smallest absolute Gasteiger partial charge is 0.271 e. The molecule has 0 radical (unpaired) electrons. The topological polar surface area (TPSA) is 73.3 Å². The molecule has 0 saturated carbocycles. The third kappa shape index (κ3) is 1.14. The second-order valence-electron chi connectivity index (χ2n) is 3.19. The molecule has 0 unspecified atom stereocenters. The average molecular weight is 190 g/mol. The predicted molar refractivity (Wildman–Crippen MR) is 51.0 cm³/mol. The van der Waals surface area contributed by atoms with E-state index in [1.54, 1.807) is 6.20 Å². The monoisotopic (exact) mass is 190 g/mol. The lowest BCUT2D eigenvalue weighted by molar-refractivity contribution is 0.0996. The van der Waals surface area contributed by atoms with Crippen LogP contribution in [0.5, 0.6) is 0 Å². The minimum atomic E-state index is -0.555.